The Morgan fingerprint density at radius 1 is 1.60 bits per heavy atom. The Kier molecular flexibility index (Phi) is 3.79. The molecule has 1 rings (SSSR count). The van der Waals surface area contributed by atoms with Crippen LogP contribution in [-0.2, 0) is 11.3 Å². The molecule has 1 heterocycles. The third kappa shape index (κ3) is 3.02. The van der Waals surface area contributed by atoms with Crippen molar-refractivity contribution < 1.29 is 4.79 Å². The molecule has 1 aromatic rings. The van der Waals surface area contributed by atoms with E-state index in [1.54, 1.807) is 6.92 Å². The summed E-state index contributed by atoms with van der Waals surface area (Å²) in [4.78, 5) is 15.6. The van der Waals surface area contributed by atoms with E-state index in [4.69, 9.17) is 5.73 Å². The maximum Gasteiger partial charge on any atom is 0.244 e. The molecular weight excluding hydrogens is 194 g/mol. The SMILES string of the molecule is CC(C)NC(=O)C(C)n1cnc(CN)n1. The number of nitrogens with zero attached hydrogens (tertiary/aromatic N) is 3. The number of amides is 1. The number of nitrogens with two attached hydrogens (primary N) is 1. The van der Waals surface area contributed by atoms with Crippen LogP contribution in [0.5, 0.6) is 0 Å². The summed E-state index contributed by atoms with van der Waals surface area (Å²) in [6, 6.07) is -0.238. The van der Waals surface area contributed by atoms with Crippen molar-refractivity contribution in [2.45, 2.75) is 39.4 Å². The third-order valence-corrected chi connectivity index (χ3v) is 1.95. The predicted octanol–water partition coefficient (Wildman–Crippen LogP) is -0.178. The lowest BCUT2D eigenvalue weighted by Gasteiger charge is -2.14. The highest BCUT2D eigenvalue weighted by atomic mass is 16.2. The Balaban J connectivity index is 2.67. The summed E-state index contributed by atoms with van der Waals surface area (Å²) in [6.45, 7) is 5.88. The zero-order valence-electron chi connectivity index (χ0n) is 9.27. The molecule has 0 aliphatic rings. The van der Waals surface area contributed by atoms with Crippen molar-refractivity contribution in [2.75, 3.05) is 0 Å². The smallest absolute Gasteiger partial charge is 0.244 e. The number of hydrogen-bond donors (Lipinski definition) is 2. The quantitative estimate of drug-likeness (QED) is 0.723. The first-order valence-electron chi connectivity index (χ1n) is 4.95. The van der Waals surface area contributed by atoms with E-state index >= 15 is 0 Å². The molecule has 1 aromatic heterocycles. The largest absolute Gasteiger partial charge is 0.352 e. The molecule has 0 aliphatic carbocycles. The van der Waals surface area contributed by atoms with E-state index in [1.165, 1.54) is 11.0 Å². The van der Waals surface area contributed by atoms with E-state index in [-0.39, 0.29) is 24.5 Å². The molecule has 1 amide bonds. The van der Waals surface area contributed by atoms with Gasteiger partial charge in [-0.3, -0.25) is 4.79 Å². The Morgan fingerprint density at radius 3 is 2.73 bits per heavy atom. The summed E-state index contributed by atoms with van der Waals surface area (Å²) >= 11 is 0. The molecule has 0 aromatic carbocycles. The normalized spacial score (nSPS) is 12.9. The fraction of sp³-hybridized carbons (Fsp3) is 0.667. The van der Waals surface area contributed by atoms with Crippen LogP contribution in [0.3, 0.4) is 0 Å². The molecule has 0 bridgehead atoms. The molecule has 0 radical (unpaired) electrons. The summed E-state index contributed by atoms with van der Waals surface area (Å²) in [6.07, 6.45) is 1.52. The van der Waals surface area contributed by atoms with Crippen LogP contribution >= 0.6 is 0 Å². The highest BCUT2D eigenvalue weighted by Gasteiger charge is 2.16. The first-order chi connectivity index (χ1) is 7.04. The van der Waals surface area contributed by atoms with E-state index in [0.29, 0.717) is 5.82 Å². The van der Waals surface area contributed by atoms with Gasteiger partial charge in [0.15, 0.2) is 5.82 Å². The number of carbonyl (C=O) groups excluding carboxylic acids is 1. The molecular formula is C9H17N5O. The number of hydrogen-bond acceptors (Lipinski definition) is 4. The van der Waals surface area contributed by atoms with E-state index in [2.05, 4.69) is 15.4 Å². The van der Waals surface area contributed by atoms with Crippen LogP contribution in [0.2, 0.25) is 0 Å². The van der Waals surface area contributed by atoms with Gasteiger partial charge in [-0.25, -0.2) is 9.67 Å². The monoisotopic (exact) mass is 211 g/mol. The van der Waals surface area contributed by atoms with Gasteiger partial charge >= 0.3 is 0 Å². The van der Waals surface area contributed by atoms with Gasteiger partial charge in [0.1, 0.15) is 12.4 Å². The van der Waals surface area contributed by atoms with E-state index in [1.807, 2.05) is 13.8 Å². The van der Waals surface area contributed by atoms with Crippen LogP contribution < -0.4 is 11.1 Å². The van der Waals surface area contributed by atoms with Crippen molar-refractivity contribution >= 4 is 5.91 Å². The lowest BCUT2D eigenvalue weighted by Crippen LogP contribution is -2.35. The van der Waals surface area contributed by atoms with E-state index < -0.39 is 0 Å². The molecule has 84 valence electrons. The molecule has 1 unspecified atom stereocenters. The molecule has 0 spiro atoms. The summed E-state index contributed by atoms with van der Waals surface area (Å²) in [5.74, 6) is 0.470. The van der Waals surface area contributed by atoms with Crippen LogP contribution in [0.1, 0.15) is 32.6 Å². The summed E-state index contributed by atoms with van der Waals surface area (Å²) < 4.78 is 1.51. The Morgan fingerprint density at radius 2 is 2.27 bits per heavy atom. The lowest BCUT2D eigenvalue weighted by atomic mass is 10.3. The molecule has 0 aliphatic heterocycles. The van der Waals surface area contributed by atoms with Gasteiger partial charge in [-0.1, -0.05) is 0 Å². The van der Waals surface area contributed by atoms with Crippen LogP contribution in [0.15, 0.2) is 6.33 Å². The van der Waals surface area contributed by atoms with Gasteiger partial charge in [0, 0.05) is 6.04 Å². The highest BCUT2D eigenvalue weighted by Crippen LogP contribution is 2.03. The second-order valence-corrected chi connectivity index (χ2v) is 3.68. The molecule has 0 fully saturated rings. The lowest BCUT2D eigenvalue weighted by molar-refractivity contribution is -0.124. The number of nitrogens with one attached hydrogen (secondary N) is 1. The molecule has 6 nitrogen and oxygen atoms in total. The van der Waals surface area contributed by atoms with Crippen LogP contribution in [0.4, 0.5) is 0 Å². The van der Waals surface area contributed by atoms with Gasteiger partial charge in [0.05, 0.1) is 6.54 Å². The Hall–Kier alpha value is -1.43. The number of carbonyl (C=O) groups is 1. The fourth-order valence-corrected chi connectivity index (χ4v) is 1.12. The van der Waals surface area contributed by atoms with Crippen LogP contribution in [0.25, 0.3) is 0 Å². The van der Waals surface area contributed by atoms with Crippen molar-refractivity contribution in [3.63, 3.8) is 0 Å². The first kappa shape index (κ1) is 11.6. The minimum absolute atomic E-state index is 0.0709. The van der Waals surface area contributed by atoms with Gasteiger partial charge in [-0.2, -0.15) is 5.10 Å². The second-order valence-electron chi connectivity index (χ2n) is 3.68. The van der Waals surface area contributed by atoms with Gasteiger partial charge in [0.25, 0.3) is 0 Å². The van der Waals surface area contributed by atoms with Crippen molar-refractivity contribution in [3.8, 4) is 0 Å². The summed E-state index contributed by atoms with van der Waals surface area (Å²) in [5, 5.41) is 6.89. The van der Waals surface area contributed by atoms with Gasteiger partial charge in [-0.05, 0) is 20.8 Å². The predicted molar refractivity (Wildman–Crippen MR) is 55.9 cm³/mol. The van der Waals surface area contributed by atoms with Crippen LogP contribution in [0, 0.1) is 0 Å². The number of aromatic nitrogens is 3. The van der Waals surface area contributed by atoms with Crippen molar-refractivity contribution in [2.24, 2.45) is 5.73 Å². The maximum atomic E-state index is 11.6. The molecule has 15 heavy (non-hydrogen) atoms. The summed E-state index contributed by atoms with van der Waals surface area (Å²) in [7, 11) is 0. The standard InChI is InChI=1S/C9H17N5O/c1-6(2)12-9(15)7(3)14-5-11-8(4-10)13-14/h5-7H,4,10H2,1-3H3,(H,12,15). The van der Waals surface area contributed by atoms with Gasteiger partial charge in [-0.15, -0.1) is 0 Å². The Bertz CT molecular complexity index is 333. The zero-order valence-corrected chi connectivity index (χ0v) is 9.27. The van der Waals surface area contributed by atoms with E-state index in [0.717, 1.165) is 0 Å². The zero-order chi connectivity index (χ0) is 11.4. The van der Waals surface area contributed by atoms with Crippen molar-refractivity contribution in [1.82, 2.24) is 20.1 Å². The van der Waals surface area contributed by atoms with E-state index in [9.17, 15) is 4.79 Å². The summed E-state index contributed by atoms with van der Waals surface area (Å²) in [5.41, 5.74) is 5.38. The molecule has 3 N–H and O–H groups in total. The molecule has 0 saturated carbocycles. The van der Waals surface area contributed by atoms with Gasteiger partial charge < -0.3 is 11.1 Å². The van der Waals surface area contributed by atoms with Crippen molar-refractivity contribution in [3.05, 3.63) is 12.2 Å². The average Bonchev–Trinajstić information content (AvgIpc) is 2.63. The molecule has 1 atom stereocenters. The second kappa shape index (κ2) is 4.88. The number of rotatable bonds is 4. The topological polar surface area (TPSA) is 85.8 Å². The minimum Gasteiger partial charge on any atom is -0.352 e. The fourth-order valence-electron chi connectivity index (χ4n) is 1.12. The molecule has 0 saturated heterocycles. The third-order valence-electron chi connectivity index (χ3n) is 1.95. The minimum atomic E-state index is -0.361. The maximum absolute atomic E-state index is 11.6. The Labute approximate surface area is 88.9 Å². The first-order valence-corrected chi connectivity index (χ1v) is 4.95. The van der Waals surface area contributed by atoms with Crippen LogP contribution in [-0.4, -0.2) is 26.7 Å². The highest BCUT2D eigenvalue weighted by molar-refractivity contribution is 5.79. The van der Waals surface area contributed by atoms with Gasteiger partial charge in [0.2, 0.25) is 5.91 Å². The molecule has 6 heteroatoms. The van der Waals surface area contributed by atoms with Crippen molar-refractivity contribution in [1.29, 1.82) is 0 Å². The average molecular weight is 211 g/mol.